The molecule has 0 amide bonds. The molecule has 0 spiro atoms. The average molecular weight is 518 g/mol. The lowest BCUT2D eigenvalue weighted by atomic mass is 10.6. The largest absolute Gasteiger partial charge is 0.437 e. The zero-order valence-electron chi connectivity index (χ0n) is 12.5. The molecule has 0 aliphatic rings. The molecule has 0 heterocycles. The summed E-state index contributed by atoms with van der Waals surface area (Å²) in [7, 11) is -4.82. The van der Waals surface area contributed by atoms with Crippen molar-refractivity contribution in [2.75, 3.05) is 0 Å². The van der Waals surface area contributed by atoms with Crippen LogP contribution in [0, 0.1) is 0 Å². The Hall–Kier alpha value is 2.03. The van der Waals surface area contributed by atoms with Gasteiger partial charge >= 0.3 is 8.56 Å². The number of rotatable bonds is 6. The lowest BCUT2D eigenvalue weighted by molar-refractivity contribution is 0.391. The predicted molar refractivity (Wildman–Crippen MR) is 104 cm³/mol. The molecule has 0 rings (SSSR count). The lowest BCUT2D eigenvalue weighted by Gasteiger charge is -2.37. The van der Waals surface area contributed by atoms with Crippen molar-refractivity contribution < 1.29 is 8.23 Å². The number of hydrogen-bond donors (Lipinski definition) is 0. The first kappa shape index (κ1) is 21.3. The first-order valence-electron chi connectivity index (χ1n) is 6.02. The molecule has 0 fully saturated rings. The van der Waals surface area contributed by atoms with Gasteiger partial charge in [-0.1, -0.05) is 13.3 Å². The van der Waals surface area contributed by atoms with E-state index in [9.17, 15) is 0 Å². The third-order valence-electron chi connectivity index (χ3n) is 1.93. The molecule has 17 heavy (non-hydrogen) atoms. The van der Waals surface area contributed by atoms with Crippen LogP contribution in [0.15, 0.2) is 0 Å². The third kappa shape index (κ3) is 14.3. The van der Waals surface area contributed by atoms with E-state index in [1.54, 1.807) is 0 Å². The van der Waals surface area contributed by atoms with Crippen molar-refractivity contribution in [3.05, 3.63) is 0 Å². The highest BCUT2D eigenvalue weighted by Crippen LogP contribution is 2.23. The fraction of sp³-hybridized carbons (Fsp3) is 1.00. The maximum atomic E-state index is 6.33. The first-order chi connectivity index (χ1) is 7.47. The molecule has 0 bridgehead atoms. The maximum absolute atomic E-state index is 6.33. The maximum Gasteiger partial charge on any atom is 0.311 e. The van der Waals surface area contributed by atoms with E-state index in [4.69, 9.17) is 8.23 Å². The predicted octanol–water partition coefficient (Wildman–Crippen LogP) is 5.94. The van der Waals surface area contributed by atoms with Crippen LogP contribution in [0.4, 0.5) is 0 Å². The molecule has 0 aromatic heterocycles. The van der Waals surface area contributed by atoms with Gasteiger partial charge in [0.1, 0.15) is 0 Å². The minimum absolute atomic E-state index is 1.22. The Morgan fingerprint density at radius 1 is 0.824 bits per heavy atom. The Morgan fingerprint density at radius 3 is 1.53 bits per heavy atom. The second-order valence-electron chi connectivity index (χ2n) is 6.23. The van der Waals surface area contributed by atoms with Crippen molar-refractivity contribution >= 4 is 62.4 Å². The van der Waals surface area contributed by atoms with Crippen LogP contribution in [-0.2, 0) is 8.23 Å². The second-order valence-corrected chi connectivity index (χ2v) is 18.9. The summed E-state index contributed by atoms with van der Waals surface area (Å²) >= 11 is 4.24. The van der Waals surface area contributed by atoms with Crippen molar-refractivity contribution in [2.45, 2.75) is 65.2 Å². The third-order valence-corrected chi connectivity index (χ3v) is 12.2. The quantitative estimate of drug-likeness (QED) is 0.320. The van der Waals surface area contributed by atoms with Crippen LogP contribution in [0.2, 0.25) is 51.9 Å². The van der Waals surface area contributed by atoms with Crippen LogP contribution >= 0.6 is 37.2 Å². The van der Waals surface area contributed by atoms with Gasteiger partial charge in [0.25, 0.3) is 0 Å². The Kier molecular flexibility index (Phi) is 11.4. The van der Waals surface area contributed by atoms with Crippen LogP contribution in [0.5, 0.6) is 0 Å². The van der Waals surface area contributed by atoms with Gasteiger partial charge in [-0.25, -0.2) is 0 Å². The SMILES string of the molecule is CCC[Si](C)(C)O[Si](C)(C)O[Si](C)(C)C.II. The summed E-state index contributed by atoms with van der Waals surface area (Å²) in [6.45, 7) is 17.9. The molecule has 0 radical (unpaired) electrons. The molecule has 0 saturated carbocycles. The van der Waals surface area contributed by atoms with Crippen molar-refractivity contribution in [1.29, 1.82) is 0 Å². The highest BCUT2D eigenvalue weighted by Gasteiger charge is 2.37. The summed E-state index contributed by atoms with van der Waals surface area (Å²) in [5.74, 6) is 0. The van der Waals surface area contributed by atoms with Gasteiger partial charge in [0, 0.05) is 37.2 Å². The van der Waals surface area contributed by atoms with Gasteiger partial charge in [-0.2, -0.15) is 0 Å². The fourth-order valence-electron chi connectivity index (χ4n) is 2.08. The summed E-state index contributed by atoms with van der Waals surface area (Å²) in [5, 5.41) is 0. The average Bonchev–Trinajstić information content (AvgIpc) is 1.99. The molecule has 0 saturated heterocycles. The smallest absolute Gasteiger partial charge is 0.311 e. The van der Waals surface area contributed by atoms with Gasteiger partial charge in [-0.3, -0.25) is 0 Å². The zero-order chi connectivity index (χ0) is 14.3. The van der Waals surface area contributed by atoms with Crippen molar-refractivity contribution in [2.24, 2.45) is 0 Å². The topological polar surface area (TPSA) is 18.5 Å². The molecular formula is C10H28I2O2Si3. The van der Waals surface area contributed by atoms with Crippen LogP contribution < -0.4 is 0 Å². The highest BCUT2D eigenvalue weighted by atomic mass is 128. The van der Waals surface area contributed by atoms with E-state index in [2.05, 4.69) is 90.0 Å². The molecular weight excluding hydrogens is 490 g/mol. The first-order valence-corrected chi connectivity index (χ1v) is 21.6. The van der Waals surface area contributed by atoms with Gasteiger partial charge in [0.05, 0.1) is 0 Å². The van der Waals surface area contributed by atoms with E-state index in [1.807, 2.05) is 0 Å². The van der Waals surface area contributed by atoms with Crippen LogP contribution in [-0.4, -0.2) is 25.2 Å². The molecule has 106 valence electrons. The molecule has 2 nitrogen and oxygen atoms in total. The molecule has 7 heteroatoms. The second kappa shape index (κ2) is 9.06. The van der Waals surface area contributed by atoms with Gasteiger partial charge in [0.15, 0.2) is 16.6 Å². The van der Waals surface area contributed by atoms with Crippen molar-refractivity contribution in [3.8, 4) is 0 Å². The molecule has 0 aromatic carbocycles. The minimum Gasteiger partial charge on any atom is -0.437 e. The highest BCUT2D eigenvalue weighted by molar-refractivity contribution is 15.0. The van der Waals surface area contributed by atoms with E-state index in [0.717, 1.165) is 0 Å². The van der Waals surface area contributed by atoms with Gasteiger partial charge in [-0.15, -0.1) is 0 Å². The van der Waals surface area contributed by atoms with E-state index in [1.165, 1.54) is 12.5 Å². The summed E-state index contributed by atoms with van der Waals surface area (Å²) in [6, 6.07) is 1.23. The van der Waals surface area contributed by atoms with Crippen LogP contribution in [0.3, 0.4) is 0 Å². The monoisotopic (exact) mass is 518 g/mol. The molecule has 0 aliphatic heterocycles. The fourth-order valence-corrected chi connectivity index (χ4v) is 15.5. The lowest BCUT2D eigenvalue weighted by Crippen LogP contribution is -2.51. The molecule has 0 unspecified atom stereocenters. The summed E-state index contributed by atoms with van der Waals surface area (Å²) in [4.78, 5) is 0. The van der Waals surface area contributed by atoms with E-state index < -0.39 is 25.2 Å². The van der Waals surface area contributed by atoms with E-state index in [-0.39, 0.29) is 0 Å². The summed E-state index contributed by atoms with van der Waals surface area (Å²) < 4.78 is 12.5. The minimum atomic E-state index is -1.89. The molecule has 0 atom stereocenters. The molecule has 0 aliphatic carbocycles. The van der Waals surface area contributed by atoms with Gasteiger partial charge in [0.2, 0.25) is 0 Å². The van der Waals surface area contributed by atoms with Gasteiger partial charge < -0.3 is 8.23 Å². The van der Waals surface area contributed by atoms with Crippen LogP contribution in [0.25, 0.3) is 0 Å². The Labute approximate surface area is 134 Å². The molecule has 0 aromatic rings. The van der Waals surface area contributed by atoms with Crippen molar-refractivity contribution in [1.82, 2.24) is 0 Å². The Bertz CT molecular complexity index is 206. The van der Waals surface area contributed by atoms with E-state index in [0.29, 0.717) is 0 Å². The zero-order valence-corrected chi connectivity index (χ0v) is 19.8. The Balaban J connectivity index is 0. The number of halogens is 2. The number of hydrogen-bond acceptors (Lipinski definition) is 2. The summed E-state index contributed by atoms with van der Waals surface area (Å²) in [5.41, 5.74) is 0. The standard InChI is InChI=1S/C10H28O2Si3.I2/c1-9-10-14(5,6)12-15(7,8)11-13(2,3)4;1-2/h9-10H2,1-8H3;. The van der Waals surface area contributed by atoms with Gasteiger partial charge in [-0.05, 0) is 51.9 Å². The Morgan fingerprint density at radius 2 is 1.24 bits per heavy atom. The normalized spacial score (nSPS) is 13.1. The van der Waals surface area contributed by atoms with E-state index >= 15 is 0 Å². The molecule has 0 N–H and O–H groups in total. The van der Waals surface area contributed by atoms with Crippen LogP contribution in [0.1, 0.15) is 13.3 Å². The van der Waals surface area contributed by atoms with Crippen molar-refractivity contribution in [3.63, 3.8) is 0 Å². The summed E-state index contributed by atoms with van der Waals surface area (Å²) in [6.07, 6.45) is 1.22.